The highest BCUT2D eigenvalue weighted by Crippen LogP contribution is 2.11. The number of hydrogen-bond acceptors (Lipinski definition) is 3. The minimum Gasteiger partial charge on any atom is -0.244 e. The third-order valence-electron chi connectivity index (χ3n) is 1.40. The quantitative estimate of drug-likeness (QED) is 0.801. The molecule has 0 bridgehead atoms. The molecule has 1 aromatic heterocycles. The molecule has 0 aliphatic carbocycles. The molecular formula is C7H8BrNO2S. The monoisotopic (exact) mass is 249 g/mol. The SMILES string of the molecule is CCS(=O)(=O)c1ccc(Br)cn1. The van der Waals surface area contributed by atoms with Gasteiger partial charge in [-0.05, 0) is 28.1 Å². The number of pyridine rings is 1. The molecule has 12 heavy (non-hydrogen) atoms. The van der Waals surface area contributed by atoms with Crippen LogP contribution in [0, 0.1) is 0 Å². The number of aromatic nitrogens is 1. The first-order chi connectivity index (χ1) is 5.56. The highest BCUT2D eigenvalue weighted by atomic mass is 79.9. The molecule has 0 unspecified atom stereocenters. The minimum absolute atomic E-state index is 0.0850. The van der Waals surface area contributed by atoms with Crippen LogP contribution in [0.5, 0.6) is 0 Å². The zero-order valence-electron chi connectivity index (χ0n) is 6.49. The molecule has 3 nitrogen and oxygen atoms in total. The van der Waals surface area contributed by atoms with Gasteiger partial charge in [0.1, 0.15) is 0 Å². The van der Waals surface area contributed by atoms with E-state index in [1.54, 1.807) is 13.0 Å². The summed E-state index contributed by atoms with van der Waals surface area (Å²) in [5.41, 5.74) is 0. The predicted molar refractivity (Wildman–Crippen MR) is 49.7 cm³/mol. The maximum absolute atomic E-state index is 11.2. The lowest BCUT2D eigenvalue weighted by atomic mass is 10.5. The van der Waals surface area contributed by atoms with Crippen LogP contribution in [0.4, 0.5) is 0 Å². The molecule has 0 saturated carbocycles. The number of sulfone groups is 1. The van der Waals surface area contributed by atoms with Crippen LogP contribution < -0.4 is 0 Å². The van der Waals surface area contributed by atoms with E-state index in [0.29, 0.717) is 0 Å². The van der Waals surface area contributed by atoms with Crippen LogP contribution in [-0.2, 0) is 9.84 Å². The fourth-order valence-electron chi connectivity index (χ4n) is 0.694. The van der Waals surface area contributed by atoms with Crippen molar-refractivity contribution in [2.75, 3.05) is 5.75 Å². The molecule has 0 radical (unpaired) electrons. The van der Waals surface area contributed by atoms with Crippen molar-refractivity contribution >= 4 is 25.8 Å². The molecule has 5 heteroatoms. The molecular weight excluding hydrogens is 242 g/mol. The molecule has 66 valence electrons. The number of nitrogens with zero attached hydrogens (tertiary/aromatic N) is 1. The zero-order chi connectivity index (χ0) is 9.19. The van der Waals surface area contributed by atoms with Crippen molar-refractivity contribution in [3.63, 3.8) is 0 Å². The summed E-state index contributed by atoms with van der Waals surface area (Å²) in [6.45, 7) is 1.60. The van der Waals surface area contributed by atoms with Gasteiger partial charge in [-0.1, -0.05) is 6.92 Å². The van der Waals surface area contributed by atoms with Gasteiger partial charge in [0, 0.05) is 10.7 Å². The summed E-state index contributed by atoms with van der Waals surface area (Å²) in [6.07, 6.45) is 1.47. The highest BCUT2D eigenvalue weighted by molar-refractivity contribution is 9.10. The van der Waals surface area contributed by atoms with E-state index in [1.165, 1.54) is 12.3 Å². The van der Waals surface area contributed by atoms with E-state index < -0.39 is 9.84 Å². The van der Waals surface area contributed by atoms with E-state index in [0.717, 1.165) is 4.47 Å². The Morgan fingerprint density at radius 1 is 1.50 bits per heavy atom. The Morgan fingerprint density at radius 3 is 2.58 bits per heavy atom. The molecule has 1 aromatic rings. The van der Waals surface area contributed by atoms with Crippen molar-refractivity contribution in [3.8, 4) is 0 Å². The number of rotatable bonds is 2. The van der Waals surface area contributed by atoms with Gasteiger partial charge in [0.2, 0.25) is 0 Å². The molecule has 0 saturated heterocycles. The van der Waals surface area contributed by atoms with E-state index in [-0.39, 0.29) is 10.8 Å². The normalized spacial score (nSPS) is 11.5. The van der Waals surface area contributed by atoms with Gasteiger partial charge in [-0.2, -0.15) is 0 Å². The van der Waals surface area contributed by atoms with Crippen molar-refractivity contribution in [2.24, 2.45) is 0 Å². The summed E-state index contributed by atoms with van der Waals surface area (Å²) in [4.78, 5) is 3.79. The zero-order valence-corrected chi connectivity index (χ0v) is 8.89. The second-order valence-electron chi connectivity index (χ2n) is 2.22. The Kier molecular flexibility index (Phi) is 2.85. The van der Waals surface area contributed by atoms with Gasteiger partial charge < -0.3 is 0 Å². The van der Waals surface area contributed by atoms with Gasteiger partial charge >= 0.3 is 0 Å². The molecule has 0 aliphatic rings. The fraction of sp³-hybridized carbons (Fsp3) is 0.286. The van der Waals surface area contributed by atoms with E-state index in [4.69, 9.17) is 0 Å². The van der Waals surface area contributed by atoms with E-state index in [2.05, 4.69) is 20.9 Å². The van der Waals surface area contributed by atoms with Crippen molar-refractivity contribution in [3.05, 3.63) is 22.8 Å². The summed E-state index contributed by atoms with van der Waals surface area (Å²) in [5.74, 6) is 0.0850. The largest absolute Gasteiger partial charge is 0.244 e. The van der Waals surface area contributed by atoms with Gasteiger partial charge in [0.25, 0.3) is 0 Å². The molecule has 0 amide bonds. The molecule has 1 heterocycles. The van der Waals surface area contributed by atoms with Crippen LogP contribution in [0.2, 0.25) is 0 Å². The van der Waals surface area contributed by atoms with Crippen molar-refractivity contribution in [1.29, 1.82) is 0 Å². The van der Waals surface area contributed by atoms with Crippen LogP contribution in [0.3, 0.4) is 0 Å². The molecule has 0 spiro atoms. The number of hydrogen-bond donors (Lipinski definition) is 0. The summed E-state index contributed by atoms with van der Waals surface area (Å²) in [7, 11) is -3.15. The lowest BCUT2D eigenvalue weighted by molar-refractivity contribution is 0.593. The van der Waals surface area contributed by atoms with Crippen LogP contribution in [0.15, 0.2) is 27.8 Å². The maximum Gasteiger partial charge on any atom is 0.195 e. The average molecular weight is 250 g/mol. The first-order valence-electron chi connectivity index (χ1n) is 3.40. The molecule has 0 aromatic carbocycles. The second-order valence-corrected chi connectivity index (χ2v) is 5.36. The second kappa shape index (κ2) is 3.53. The van der Waals surface area contributed by atoms with Gasteiger partial charge in [-0.15, -0.1) is 0 Å². The molecule has 0 aliphatic heterocycles. The Labute approximate surface area is 79.9 Å². The molecule has 0 atom stereocenters. The first kappa shape index (κ1) is 9.67. The molecule has 0 fully saturated rings. The van der Waals surface area contributed by atoms with E-state index in [1.807, 2.05) is 0 Å². The summed E-state index contributed by atoms with van der Waals surface area (Å²) in [5, 5.41) is 0.133. The van der Waals surface area contributed by atoms with Crippen LogP contribution in [0.1, 0.15) is 6.92 Å². The van der Waals surface area contributed by atoms with E-state index in [9.17, 15) is 8.42 Å². The summed E-state index contributed by atoms with van der Waals surface area (Å²) in [6, 6.07) is 3.15. The van der Waals surface area contributed by atoms with Gasteiger partial charge in [0.15, 0.2) is 14.9 Å². The maximum atomic E-state index is 11.2. The molecule has 0 N–H and O–H groups in total. The van der Waals surface area contributed by atoms with Gasteiger partial charge in [-0.25, -0.2) is 13.4 Å². The van der Waals surface area contributed by atoms with Crippen LogP contribution in [-0.4, -0.2) is 19.2 Å². The van der Waals surface area contributed by atoms with E-state index >= 15 is 0 Å². The first-order valence-corrected chi connectivity index (χ1v) is 5.85. The van der Waals surface area contributed by atoms with Crippen molar-refractivity contribution in [1.82, 2.24) is 4.98 Å². The van der Waals surface area contributed by atoms with Gasteiger partial charge in [-0.3, -0.25) is 0 Å². The van der Waals surface area contributed by atoms with Crippen molar-refractivity contribution < 1.29 is 8.42 Å². The predicted octanol–water partition coefficient (Wildman–Crippen LogP) is 1.64. The molecule has 1 rings (SSSR count). The average Bonchev–Trinajstić information content (AvgIpc) is 2.05. The lowest BCUT2D eigenvalue weighted by Crippen LogP contribution is -2.05. The Hall–Kier alpha value is -0.420. The lowest BCUT2D eigenvalue weighted by Gasteiger charge is -1.98. The fourth-order valence-corrected chi connectivity index (χ4v) is 1.71. The Bertz CT molecular complexity index is 357. The van der Waals surface area contributed by atoms with Gasteiger partial charge in [0.05, 0.1) is 5.75 Å². The third kappa shape index (κ3) is 2.04. The highest BCUT2D eigenvalue weighted by Gasteiger charge is 2.11. The smallest absolute Gasteiger partial charge is 0.195 e. The number of halogens is 1. The standard InChI is InChI=1S/C7H8BrNO2S/c1-2-12(10,11)7-4-3-6(8)5-9-7/h3-5H,2H2,1H3. The Morgan fingerprint density at radius 2 is 2.17 bits per heavy atom. The van der Waals surface area contributed by atoms with Crippen LogP contribution >= 0.6 is 15.9 Å². The summed E-state index contributed by atoms with van der Waals surface area (Å²) >= 11 is 3.18. The van der Waals surface area contributed by atoms with Crippen molar-refractivity contribution in [2.45, 2.75) is 11.9 Å². The third-order valence-corrected chi connectivity index (χ3v) is 3.51. The minimum atomic E-state index is -3.15. The van der Waals surface area contributed by atoms with Crippen LogP contribution in [0.25, 0.3) is 0 Å². The summed E-state index contributed by atoms with van der Waals surface area (Å²) < 4.78 is 23.2. The topological polar surface area (TPSA) is 47.0 Å². The Balaban J connectivity index is 3.14.